The van der Waals surface area contributed by atoms with Crippen LogP contribution in [0.15, 0.2) is 54.1 Å². The first-order valence-electron chi connectivity index (χ1n) is 12.3. The second kappa shape index (κ2) is 12.3. The van der Waals surface area contributed by atoms with Gasteiger partial charge in [0.05, 0.1) is 23.1 Å². The van der Waals surface area contributed by atoms with Crippen LogP contribution < -0.4 is 4.74 Å². The third kappa shape index (κ3) is 5.91. The highest BCUT2D eigenvalue weighted by Crippen LogP contribution is 2.40. The smallest absolute Gasteiger partial charge is 0.295 e. The number of likely N-dealkylation sites (tertiary alicyclic amines) is 1. The van der Waals surface area contributed by atoms with Crippen LogP contribution in [0.25, 0.3) is 5.76 Å². The molecule has 1 fully saturated rings. The Morgan fingerprint density at radius 1 is 1.11 bits per heavy atom. The molecule has 1 aliphatic rings. The molecular formula is C27H33N3O6. The first kappa shape index (κ1) is 26.9. The zero-order chi connectivity index (χ0) is 26.2. The molecule has 1 amide bonds. The minimum atomic E-state index is -0.943. The molecule has 0 aliphatic carbocycles. The van der Waals surface area contributed by atoms with Crippen LogP contribution in [-0.4, -0.2) is 64.3 Å². The second-order valence-electron chi connectivity index (χ2n) is 8.60. The minimum absolute atomic E-state index is 0.0871. The highest BCUT2D eigenvalue weighted by molar-refractivity contribution is 6.46. The van der Waals surface area contributed by atoms with Gasteiger partial charge in [0, 0.05) is 24.2 Å². The van der Waals surface area contributed by atoms with Crippen molar-refractivity contribution in [3.8, 4) is 5.75 Å². The maximum atomic E-state index is 13.2. The first-order chi connectivity index (χ1) is 17.3. The predicted octanol–water partition coefficient (Wildman–Crippen LogP) is 4.54. The average molecular weight is 496 g/mol. The summed E-state index contributed by atoms with van der Waals surface area (Å²) < 4.78 is 5.65. The van der Waals surface area contributed by atoms with Crippen LogP contribution >= 0.6 is 0 Å². The summed E-state index contributed by atoms with van der Waals surface area (Å²) in [6.07, 6.45) is 1.42. The van der Waals surface area contributed by atoms with E-state index in [0.717, 1.165) is 26.1 Å². The number of nitrogens with zero attached hydrogens (tertiary/aromatic N) is 3. The highest BCUT2D eigenvalue weighted by Gasteiger charge is 2.46. The molecule has 0 radical (unpaired) electrons. The number of rotatable bonds is 12. The van der Waals surface area contributed by atoms with Gasteiger partial charge in [-0.3, -0.25) is 19.7 Å². The number of carbonyl (C=O) groups excluding carboxylic acids is 2. The Morgan fingerprint density at radius 2 is 1.83 bits per heavy atom. The molecule has 3 rings (SSSR count). The minimum Gasteiger partial charge on any atom is -0.507 e. The molecule has 0 aromatic heterocycles. The maximum Gasteiger partial charge on any atom is 0.295 e. The second-order valence-corrected chi connectivity index (χ2v) is 8.60. The fraction of sp³-hybridized carbons (Fsp3) is 0.407. The average Bonchev–Trinajstić information content (AvgIpc) is 3.14. The van der Waals surface area contributed by atoms with E-state index in [4.69, 9.17) is 4.74 Å². The van der Waals surface area contributed by atoms with Crippen molar-refractivity contribution >= 4 is 23.1 Å². The predicted molar refractivity (Wildman–Crippen MR) is 137 cm³/mol. The molecule has 192 valence electrons. The number of aliphatic hydroxyl groups excluding tert-OH is 1. The molecule has 0 bridgehead atoms. The van der Waals surface area contributed by atoms with Crippen LogP contribution in [0.1, 0.15) is 50.8 Å². The molecule has 1 N–H and O–H groups in total. The summed E-state index contributed by atoms with van der Waals surface area (Å²) in [4.78, 5) is 40.9. The SMILES string of the molecule is CCCOc1cccc(C(O)=C2C(=O)C(=O)N(CCCN(CC)CC)C2c2cccc([N+](=O)[O-])c2)c1. The van der Waals surface area contributed by atoms with E-state index >= 15 is 0 Å². The van der Waals surface area contributed by atoms with Crippen molar-refractivity contribution in [2.45, 2.75) is 39.7 Å². The van der Waals surface area contributed by atoms with Gasteiger partial charge < -0.3 is 19.6 Å². The summed E-state index contributed by atoms with van der Waals surface area (Å²) in [5.74, 6) is -1.35. The van der Waals surface area contributed by atoms with Gasteiger partial charge in [0.25, 0.3) is 17.4 Å². The topological polar surface area (TPSA) is 113 Å². The molecule has 1 atom stereocenters. The molecule has 1 unspecified atom stereocenters. The van der Waals surface area contributed by atoms with E-state index in [1.807, 2.05) is 6.92 Å². The Labute approximate surface area is 211 Å². The van der Waals surface area contributed by atoms with Crippen LogP contribution in [0.4, 0.5) is 5.69 Å². The van der Waals surface area contributed by atoms with Gasteiger partial charge >= 0.3 is 0 Å². The number of aliphatic hydroxyl groups is 1. The van der Waals surface area contributed by atoms with Crippen LogP contribution in [0.5, 0.6) is 5.75 Å². The molecule has 2 aromatic carbocycles. The van der Waals surface area contributed by atoms with Crippen molar-refractivity contribution in [1.82, 2.24) is 9.80 Å². The van der Waals surface area contributed by atoms with Gasteiger partial charge in [-0.15, -0.1) is 0 Å². The normalized spacial score (nSPS) is 17.1. The van der Waals surface area contributed by atoms with E-state index in [-0.39, 0.29) is 23.6 Å². The standard InChI is InChI=1S/C27H33N3O6/c1-4-16-36-22-13-8-11-20(18-22)25(31)23-24(19-10-7-12-21(17-19)30(34)35)29(27(33)26(23)32)15-9-14-28(5-2)6-3/h7-8,10-13,17-18,24,31H,4-6,9,14-16H2,1-3H3. The monoisotopic (exact) mass is 495 g/mol. The number of ketones is 1. The third-order valence-corrected chi connectivity index (χ3v) is 6.28. The number of hydrogen-bond donors (Lipinski definition) is 1. The molecular weight excluding hydrogens is 462 g/mol. The summed E-state index contributed by atoms with van der Waals surface area (Å²) in [5, 5.41) is 22.7. The van der Waals surface area contributed by atoms with Crippen LogP contribution in [-0.2, 0) is 9.59 Å². The quantitative estimate of drug-likeness (QED) is 0.151. The summed E-state index contributed by atoms with van der Waals surface area (Å²) in [7, 11) is 0. The van der Waals surface area contributed by atoms with E-state index in [9.17, 15) is 24.8 Å². The molecule has 1 heterocycles. The fourth-order valence-corrected chi connectivity index (χ4v) is 4.38. The van der Waals surface area contributed by atoms with Crippen molar-refractivity contribution < 1.29 is 24.4 Å². The van der Waals surface area contributed by atoms with Crippen molar-refractivity contribution in [2.24, 2.45) is 0 Å². The Kier molecular flexibility index (Phi) is 9.19. The zero-order valence-electron chi connectivity index (χ0n) is 21.0. The summed E-state index contributed by atoms with van der Waals surface area (Å²) in [6.45, 7) is 9.30. The van der Waals surface area contributed by atoms with Gasteiger partial charge in [-0.2, -0.15) is 0 Å². The van der Waals surface area contributed by atoms with Gasteiger partial charge in [-0.1, -0.05) is 45.0 Å². The highest BCUT2D eigenvalue weighted by atomic mass is 16.6. The van der Waals surface area contributed by atoms with Crippen LogP contribution in [0, 0.1) is 10.1 Å². The lowest BCUT2D eigenvalue weighted by molar-refractivity contribution is -0.384. The zero-order valence-corrected chi connectivity index (χ0v) is 21.0. The number of benzene rings is 2. The first-order valence-corrected chi connectivity index (χ1v) is 12.3. The van der Waals surface area contributed by atoms with Crippen molar-refractivity contribution in [2.75, 3.05) is 32.8 Å². The summed E-state index contributed by atoms with van der Waals surface area (Å²) in [5.41, 5.74) is 0.485. The molecule has 2 aromatic rings. The molecule has 36 heavy (non-hydrogen) atoms. The van der Waals surface area contributed by atoms with E-state index < -0.39 is 22.7 Å². The summed E-state index contributed by atoms with van der Waals surface area (Å²) in [6, 6.07) is 11.6. The van der Waals surface area contributed by atoms with E-state index in [2.05, 4.69) is 18.7 Å². The molecule has 0 saturated carbocycles. The number of hydrogen-bond acceptors (Lipinski definition) is 7. The Hall–Kier alpha value is -3.72. The van der Waals surface area contributed by atoms with Gasteiger partial charge in [0.1, 0.15) is 11.5 Å². The Balaban J connectivity index is 2.07. The van der Waals surface area contributed by atoms with Crippen molar-refractivity contribution in [3.63, 3.8) is 0 Å². The van der Waals surface area contributed by atoms with Crippen LogP contribution in [0.2, 0.25) is 0 Å². The lowest BCUT2D eigenvalue weighted by Gasteiger charge is -2.26. The lowest BCUT2D eigenvalue weighted by Crippen LogP contribution is -2.33. The molecule has 0 spiro atoms. The van der Waals surface area contributed by atoms with E-state index in [1.165, 1.54) is 23.1 Å². The summed E-state index contributed by atoms with van der Waals surface area (Å²) >= 11 is 0. The molecule has 9 heteroatoms. The number of nitro groups is 1. The van der Waals surface area contributed by atoms with Crippen molar-refractivity contribution in [3.05, 3.63) is 75.3 Å². The Morgan fingerprint density at radius 3 is 2.50 bits per heavy atom. The molecule has 1 aliphatic heterocycles. The number of ether oxygens (including phenoxy) is 1. The van der Waals surface area contributed by atoms with E-state index in [1.54, 1.807) is 30.3 Å². The lowest BCUT2D eigenvalue weighted by atomic mass is 9.95. The van der Waals surface area contributed by atoms with E-state index in [0.29, 0.717) is 29.9 Å². The number of carbonyl (C=O) groups is 2. The number of Topliss-reactive ketones (excluding diaryl/α,β-unsaturated/α-hetero) is 1. The third-order valence-electron chi connectivity index (χ3n) is 6.28. The molecule has 9 nitrogen and oxygen atoms in total. The van der Waals surface area contributed by atoms with Crippen molar-refractivity contribution in [1.29, 1.82) is 0 Å². The van der Waals surface area contributed by atoms with Gasteiger partial charge in [0.2, 0.25) is 0 Å². The van der Waals surface area contributed by atoms with Crippen LogP contribution in [0.3, 0.4) is 0 Å². The van der Waals surface area contributed by atoms with Gasteiger partial charge in [-0.05, 0) is 50.2 Å². The maximum absolute atomic E-state index is 13.2. The fourth-order valence-electron chi connectivity index (χ4n) is 4.38. The number of amides is 1. The van der Waals surface area contributed by atoms with Gasteiger partial charge in [0.15, 0.2) is 0 Å². The van der Waals surface area contributed by atoms with Gasteiger partial charge in [-0.25, -0.2) is 0 Å². The molecule has 1 saturated heterocycles. The number of nitro benzene ring substituents is 1. The largest absolute Gasteiger partial charge is 0.507 e. The Bertz CT molecular complexity index is 1140. The number of non-ortho nitro benzene ring substituents is 1.